The Bertz CT molecular complexity index is 2390. The van der Waals surface area contributed by atoms with Gasteiger partial charge in [0.15, 0.2) is 17.8 Å². The van der Waals surface area contributed by atoms with Crippen molar-refractivity contribution in [2.24, 2.45) is 11.8 Å². The number of sulfonamides is 1. The lowest BCUT2D eigenvalue weighted by Crippen LogP contribution is -2.53. The second-order valence-electron chi connectivity index (χ2n) is 17.0. The number of aromatic nitrogens is 2. The predicted molar refractivity (Wildman–Crippen MR) is 246 cm³/mol. The van der Waals surface area contributed by atoms with Gasteiger partial charge in [-0.25, -0.2) is 23.0 Å². The van der Waals surface area contributed by atoms with E-state index in [0.29, 0.717) is 43.1 Å². The van der Waals surface area contributed by atoms with E-state index < -0.39 is 53.2 Å². The maximum Gasteiger partial charge on any atom is 0.407 e. The first kappa shape index (κ1) is 50.5. The van der Waals surface area contributed by atoms with Crippen LogP contribution in [0.5, 0.6) is 17.2 Å². The van der Waals surface area contributed by atoms with Crippen molar-refractivity contribution in [3.63, 3.8) is 0 Å². The molecule has 2 fully saturated rings. The normalized spacial score (nSPS) is 18.3. The molecule has 1 N–H and O–H groups in total. The number of likely N-dealkylation sites (N-methyl/N-ethyl adjacent to an activating group) is 1. The van der Waals surface area contributed by atoms with Gasteiger partial charge in [0, 0.05) is 49.9 Å². The fraction of sp³-hybridized carbons (Fsp3) is 0.511. The zero-order chi connectivity index (χ0) is 48.0. The second-order valence-corrected chi connectivity index (χ2v) is 20.0. The Morgan fingerprint density at radius 2 is 1.75 bits per heavy atom. The first-order chi connectivity index (χ1) is 32.8. The number of esters is 1. The van der Waals surface area contributed by atoms with Crippen LogP contribution >= 0.6 is 11.3 Å². The van der Waals surface area contributed by atoms with Gasteiger partial charge in [0.25, 0.3) is 0 Å². The van der Waals surface area contributed by atoms with Gasteiger partial charge in [-0.2, -0.15) is 4.31 Å². The molecule has 0 unspecified atom stereocenters. The number of hydrogen-bond donors (Lipinski definition) is 1. The molecule has 0 saturated carbocycles. The largest absolute Gasteiger partial charge is 0.487 e. The molecule has 5 atom stereocenters. The predicted octanol–water partition coefficient (Wildman–Crippen LogP) is 4.55. The molecule has 3 aliphatic heterocycles. The Morgan fingerprint density at radius 3 is 2.50 bits per heavy atom. The molecule has 2 saturated heterocycles. The highest BCUT2D eigenvalue weighted by molar-refractivity contribution is 7.89. The first-order valence-electron chi connectivity index (χ1n) is 22.5. The number of carbonyl (C=O) groups excluding carboxylic acids is 3. The van der Waals surface area contributed by atoms with E-state index in [-0.39, 0.29) is 87.7 Å². The molecule has 0 bridgehead atoms. The summed E-state index contributed by atoms with van der Waals surface area (Å²) in [5, 5.41) is 5.78. The van der Waals surface area contributed by atoms with Crippen LogP contribution in [-0.2, 0) is 67.5 Å². The highest BCUT2D eigenvalue weighted by Gasteiger charge is 2.44. The summed E-state index contributed by atoms with van der Waals surface area (Å²) in [6, 6.07) is 16.1. The summed E-state index contributed by atoms with van der Waals surface area (Å²) in [5.41, 5.74) is 2.38. The molecule has 2 aromatic heterocycles. The number of rotatable bonds is 25. The zero-order valence-electron chi connectivity index (χ0n) is 38.6. The molecule has 21 heteroatoms. The van der Waals surface area contributed by atoms with Crippen LogP contribution < -0.4 is 19.5 Å². The van der Waals surface area contributed by atoms with Crippen LogP contribution in [-0.4, -0.2) is 143 Å². The van der Waals surface area contributed by atoms with Crippen LogP contribution in [0.3, 0.4) is 0 Å². The second kappa shape index (κ2) is 24.2. The molecule has 0 radical (unpaired) electrons. The monoisotopic (exact) mass is 981 g/mol. The molecule has 19 nitrogen and oxygen atoms in total. The molecule has 68 heavy (non-hydrogen) atoms. The summed E-state index contributed by atoms with van der Waals surface area (Å²) < 4.78 is 81.8. The SMILES string of the molecule is Cc1nc(COc2ccc(C[C@H](NC(=O)O[C@H]3CO[C@H]4OCC[C@H]43)[C@@H](CN(CC(C)C)S(=O)(=O)c3ccc4c(c3)OCO4)OC(=O)COCCOCC(=O)N(C)CCc3ccccn3)cc2)cs1. The van der Waals surface area contributed by atoms with Gasteiger partial charge in [-0.3, -0.25) is 9.78 Å². The van der Waals surface area contributed by atoms with Crippen molar-refractivity contribution in [1.82, 2.24) is 24.5 Å². The number of thiazole rings is 1. The van der Waals surface area contributed by atoms with Crippen LogP contribution in [0.1, 0.15) is 42.2 Å². The zero-order valence-corrected chi connectivity index (χ0v) is 40.2. The van der Waals surface area contributed by atoms with Crippen molar-refractivity contribution in [2.75, 3.05) is 73.1 Å². The van der Waals surface area contributed by atoms with Gasteiger partial charge in [-0.05, 0) is 67.6 Å². The van der Waals surface area contributed by atoms with Gasteiger partial charge in [-0.1, -0.05) is 32.0 Å². The number of ether oxygens (including phenoxy) is 9. The number of carbonyl (C=O) groups is 3. The molecule has 3 aliphatic rings. The summed E-state index contributed by atoms with van der Waals surface area (Å²) in [5.74, 6) is -0.122. The van der Waals surface area contributed by atoms with Crippen LogP contribution in [0, 0.1) is 18.8 Å². The average molecular weight is 982 g/mol. The lowest BCUT2D eigenvalue weighted by atomic mass is 10.0. The van der Waals surface area contributed by atoms with E-state index in [2.05, 4.69) is 15.3 Å². The van der Waals surface area contributed by atoms with Gasteiger partial charge in [-0.15, -0.1) is 11.3 Å². The molecule has 4 aromatic rings. The van der Waals surface area contributed by atoms with Crippen LogP contribution in [0.15, 0.2) is 77.1 Å². The van der Waals surface area contributed by atoms with Gasteiger partial charge in [0.05, 0.1) is 60.5 Å². The van der Waals surface area contributed by atoms with E-state index in [0.717, 1.165) is 16.4 Å². The van der Waals surface area contributed by atoms with E-state index in [4.69, 9.17) is 42.6 Å². The smallest absolute Gasteiger partial charge is 0.407 e. The highest BCUT2D eigenvalue weighted by Crippen LogP contribution is 2.36. The number of alkyl carbamates (subject to hydrolysis) is 1. The highest BCUT2D eigenvalue weighted by atomic mass is 32.2. The molecular weight excluding hydrogens is 923 g/mol. The van der Waals surface area contributed by atoms with E-state index >= 15 is 0 Å². The molecule has 7 rings (SSSR count). The van der Waals surface area contributed by atoms with Crippen molar-refractivity contribution >= 4 is 39.3 Å². The van der Waals surface area contributed by atoms with E-state index in [1.165, 1.54) is 33.8 Å². The maximum absolute atomic E-state index is 14.6. The number of nitrogens with zero attached hydrogens (tertiary/aromatic N) is 4. The number of fused-ring (bicyclic) bond motifs is 2. The van der Waals surface area contributed by atoms with Gasteiger partial charge < -0.3 is 52.8 Å². The topological polar surface area (TPSA) is 213 Å². The lowest BCUT2D eigenvalue weighted by Gasteiger charge is -2.33. The maximum atomic E-state index is 14.6. The van der Waals surface area contributed by atoms with Gasteiger partial charge >= 0.3 is 12.1 Å². The average Bonchev–Trinajstić information content (AvgIpc) is 4.16. The summed E-state index contributed by atoms with van der Waals surface area (Å²) in [7, 11) is -2.59. The molecular formula is C47H59N5O14S2. The molecule has 2 aromatic carbocycles. The van der Waals surface area contributed by atoms with Crippen molar-refractivity contribution in [3.8, 4) is 17.2 Å². The van der Waals surface area contributed by atoms with E-state index in [9.17, 15) is 22.8 Å². The fourth-order valence-corrected chi connectivity index (χ4v) is 9.99. The molecule has 368 valence electrons. The Balaban J connectivity index is 1.07. The Kier molecular flexibility index (Phi) is 18.0. The molecule has 5 heterocycles. The minimum atomic E-state index is -4.27. The molecule has 2 amide bonds. The number of aryl methyl sites for hydroxylation is 1. The quantitative estimate of drug-likeness (QED) is 0.0713. The lowest BCUT2D eigenvalue weighted by molar-refractivity contribution is -0.157. The van der Waals surface area contributed by atoms with Crippen molar-refractivity contribution in [1.29, 1.82) is 0 Å². The molecule has 0 aliphatic carbocycles. The summed E-state index contributed by atoms with van der Waals surface area (Å²) in [6.07, 6.45) is -0.148. The number of pyridine rings is 1. The number of benzene rings is 2. The Morgan fingerprint density at radius 1 is 0.956 bits per heavy atom. The number of nitrogens with one attached hydrogen (secondary N) is 1. The Labute approximate surface area is 400 Å². The third-order valence-corrected chi connectivity index (χ3v) is 14.0. The minimum absolute atomic E-state index is 0.00336. The fourth-order valence-electron chi connectivity index (χ4n) is 7.76. The van der Waals surface area contributed by atoms with E-state index in [1.54, 1.807) is 30.3 Å². The van der Waals surface area contributed by atoms with Crippen molar-refractivity contribution < 1.29 is 65.4 Å². The van der Waals surface area contributed by atoms with Gasteiger partial charge in [0.1, 0.15) is 37.8 Å². The summed E-state index contributed by atoms with van der Waals surface area (Å²) in [4.78, 5) is 50.5. The van der Waals surface area contributed by atoms with E-state index in [1.807, 2.05) is 56.5 Å². The first-order valence-corrected chi connectivity index (χ1v) is 24.8. The van der Waals surface area contributed by atoms with Crippen molar-refractivity contribution in [3.05, 3.63) is 94.2 Å². The Hall–Kier alpha value is -5.42. The third kappa shape index (κ3) is 14.3. The molecule has 0 spiro atoms. The van der Waals surface area contributed by atoms with Crippen LogP contribution in [0.2, 0.25) is 0 Å². The van der Waals surface area contributed by atoms with Gasteiger partial charge in [0.2, 0.25) is 22.7 Å². The van der Waals surface area contributed by atoms with Crippen LogP contribution in [0.4, 0.5) is 4.79 Å². The third-order valence-electron chi connectivity index (χ3n) is 11.3. The number of amides is 2. The summed E-state index contributed by atoms with van der Waals surface area (Å²) in [6.45, 7) is 5.82. The van der Waals surface area contributed by atoms with Crippen molar-refractivity contribution in [2.45, 2.75) is 76.1 Å². The van der Waals surface area contributed by atoms with Crippen LogP contribution in [0.25, 0.3) is 0 Å². The minimum Gasteiger partial charge on any atom is -0.487 e. The summed E-state index contributed by atoms with van der Waals surface area (Å²) >= 11 is 1.53. The standard InChI is InChI=1S/C47H59N5O14S2/c1-31(2)23-52(68(56,57)37-12-13-40-41(22-37)64-30-63-40)24-42(65-45(54)28-59-20-19-58-27-44(53)51(4)17-14-34-7-5-6-16-48-34)39(50-47(55)66-43-26-62-46-38(43)15-18-60-46)21-33-8-10-36(11-9-33)61-25-35-29-67-32(3)49-35/h5-13,16,22,29,31,38-39,42-43,46H,14-15,17-21,23-28,30H2,1-4H3,(H,50,55)/t38-,39-,42+,43-,46+/m0/s1. The number of hydrogen-bond acceptors (Lipinski definition) is 17.